The molecule has 0 aliphatic carbocycles. The molecule has 3 aromatic carbocycles. The van der Waals surface area contributed by atoms with Crippen molar-refractivity contribution in [1.82, 2.24) is 4.90 Å². The zero-order chi connectivity index (χ0) is 22.9. The van der Waals surface area contributed by atoms with Gasteiger partial charge in [0.25, 0.3) is 5.91 Å². The minimum absolute atomic E-state index is 0.191. The minimum atomic E-state index is -0.191. The lowest BCUT2D eigenvalue weighted by atomic mass is 10.1. The fourth-order valence-corrected chi connectivity index (χ4v) is 3.73. The van der Waals surface area contributed by atoms with Crippen LogP contribution in [0.15, 0.2) is 72.8 Å². The first-order chi connectivity index (χ1) is 16.2. The molecule has 6 heteroatoms. The number of carbonyl (C=O) groups excluding carboxylic acids is 1. The SMILES string of the molecule is COc1cc(C(=O)Nc2ccc(CCN3CCOCC3)cc2)ccc1OCc1ccccc1. The monoisotopic (exact) mass is 446 g/mol. The van der Waals surface area contributed by atoms with Gasteiger partial charge in [0.1, 0.15) is 6.61 Å². The molecule has 1 amide bonds. The van der Waals surface area contributed by atoms with E-state index in [2.05, 4.69) is 22.3 Å². The number of carbonyl (C=O) groups is 1. The van der Waals surface area contributed by atoms with Crippen LogP contribution in [-0.2, 0) is 17.8 Å². The maximum Gasteiger partial charge on any atom is 0.255 e. The highest BCUT2D eigenvalue weighted by Crippen LogP contribution is 2.29. The Morgan fingerprint density at radius 2 is 1.70 bits per heavy atom. The molecule has 4 rings (SSSR count). The maximum atomic E-state index is 12.8. The standard InChI is InChI=1S/C27H30N2O4/c1-31-26-19-23(9-12-25(26)33-20-22-5-3-2-4-6-22)27(30)28-24-10-7-21(8-11-24)13-14-29-15-17-32-18-16-29/h2-12,19H,13-18,20H2,1H3,(H,28,30). The zero-order valence-electron chi connectivity index (χ0n) is 19.0. The molecule has 0 saturated carbocycles. The van der Waals surface area contributed by atoms with Gasteiger partial charge in [-0.2, -0.15) is 0 Å². The number of methoxy groups -OCH3 is 1. The minimum Gasteiger partial charge on any atom is -0.493 e. The largest absolute Gasteiger partial charge is 0.493 e. The Hall–Kier alpha value is -3.35. The number of benzene rings is 3. The Bertz CT molecular complexity index is 1030. The first-order valence-corrected chi connectivity index (χ1v) is 11.3. The molecule has 1 saturated heterocycles. The second kappa shape index (κ2) is 11.5. The molecule has 1 heterocycles. The summed E-state index contributed by atoms with van der Waals surface area (Å²) in [5.41, 5.74) is 3.59. The Kier molecular flexibility index (Phi) is 7.95. The third-order valence-corrected chi connectivity index (χ3v) is 5.70. The van der Waals surface area contributed by atoms with Crippen LogP contribution in [0.2, 0.25) is 0 Å². The van der Waals surface area contributed by atoms with Crippen molar-refractivity contribution in [3.63, 3.8) is 0 Å². The molecule has 33 heavy (non-hydrogen) atoms. The van der Waals surface area contributed by atoms with E-state index in [4.69, 9.17) is 14.2 Å². The molecule has 6 nitrogen and oxygen atoms in total. The second-order valence-electron chi connectivity index (χ2n) is 7.99. The summed E-state index contributed by atoms with van der Waals surface area (Å²) in [7, 11) is 1.57. The van der Waals surface area contributed by atoms with Crippen LogP contribution < -0.4 is 14.8 Å². The molecule has 0 bridgehead atoms. The van der Waals surface area contributed by atoms with Gasteiger partial charge in [0.2, 0.25) is 0 Å². The molecule has 0 unspecified atom stereocenters. The first-order valence-electron chi connectivity index (χ1n) is 11.3. The van der Waals surface area contributed by atoms with Crippen molar-refractivity contribution in [1.29, 1.82) is 0 Å². The molecule has 0 radical (unpaired) electrons. The van der Waals surface area contributed by atoms with E-state index in [1.54, 1.807) is 25.3 Å². The van der Waals surface area contributed by atoms with Crippen LogP contribution in [-0.4, -0.2) is 50.8 Å². The molecule has 1 fully saturated rings. The van der Waals surface area contributed by atoms with Gasteiger partial charge in [-0.15, -0.1) is 0 Å². The fraction of sp³-hybridized carbons (Fsp3) is 0.296. The average Bonchev–Trinajstić information content (AvgIpc) is 2.88. The Morgan fingerprint density at radius 3 is 2.42 bits per heavy atom. The van der Waals surface area contributed by atoms with Gasteiger partial charge in [-0.1, -0.05) is 42.5 Å². The van der Waals surface area contributed by atoms with Crippen molar-refractivity contribution in [3.05, 3.63) is 89.5 Å². The van der Waals surface area contributed by atoms with Gasteiger partial charge >= 0.3 is 0 Å². The van der Waals surface area contributed by atoms with Gasteiger partial charge in [0.05, 0.1) is 20.3 Å². The molecule has 172 valence electrons. The third-order valence-electron chi connectivity index (χ3n) is 5.70. The fourth-order valence-electron chi connectivity index (χ4n) is 3.73. The van der Waals surface area contributed by atoms with Crippen molar-refractivity contribution in [3.8, 4) is 11.5 Å². The lowest BCUT2D eigenvalue weighted by Gasteiger charge is -2.26. The van der Waals surface area contributed by atoms with Crippen molar-refractivity contribution in [2.24, 2.45) is 0 Å². The van der Waals surface area contributed by atoms with E-state index in [-0.39, 0.29) is 5.91 Å². The summed E-state index contributed by atoms with van der Waals surface area (Å²) in [4.78, 5) is 15.2. The van der Waals surface area contributed by atoms with Crippen molar-refractivity contribution < 1.29 is 19.0 Å². The highest BCUT2D eigenvalue weighted by atomic mass is 16.5. The van der Waals surface area contributed by atoms with E-state index in [9.17, 15) is 4.79 Å². The van der Waals surface area contributed by atoms with E-state index in [1.807, 2.05) is 42.5 Å². The lowest BCUT2D eigenvalue weighted by molar-refractivity contribution is 0.0384. The summed E-state index contributed by atoms with van der Waals surface area (Å²) in [5, 5.41) is 2.96. The van der Waals surface area contributed by atoms with Gasteiger partial charge in [0, 0.05) is 30.9 Å². The predicted octanol–water partition coefficient (Wildman–Crippen LogP) is 4.40. The number of rotatable bonds is 9. The number of nitrogens with zero attached hydrogens (tertiary/aromatic N) is 1. The van der Waals surface area contributed by atoms with Crippen LogP contribution in [0.3, 0.4) is 0 Å². The van der Waals surface area contributed by atoms with Gasteiger partial charge in [0.15, 0.2) is 11.5 Å². The van der Waals surface area contributed by atoms with Crippen LogP contribution in [0.4, 0.5) is 5.69 Å². The van der Waals surface area contributed by atoms with E-state index in [0.29, 0.717) is 23.7 Å². The molecule has 1 aliphatic rings. The Labute approximate surface area is 195 Å². The molecule has 0 aromatic heterocycles. The molecule has 3 aromatic rings. The van der Waals surface area contributed by atoms with Gasteiger partial charge in [-0.25, -0.2) is 0 Å². The number of anilines is 1. The quantitative estimate of drug-likeness (QED) is 0.528. The molecule has 1 aliphatic heterocycles. The maximum absolute atomic E-state index is 12.8. The molecule has 1 N–H and O–H groups in total. The van der Waals surface area contributed by atoms with Gasteiger partial charge < -0.3 is 19.5 Å². The van der Waals surface area contributed by atoms with E-state index in [1.165, 1.54) is 5.56 Å². The van der Waals surface area contributed by atoms with Gasteiger partial charge in [-0.05, 0) is 47.9 Å². The number of nitrogens with one attached hydrogen (secondary N) is 1. The normalized spacial score (nSPS) is 14.0. The molecular weight excluding hydrogens is 416 g/mol. The Morgan fingerprint density at radius 1 is 0.939 bits per heavy atom. The summed E-state index contributed by atoms with van der Waals surface area (Å²) in [5.74, 6) is 0.934. The summed E-state index contributed by atoms with van der Waals surface area (Å²) >= 11 is 0. The molecule has 0 spiro atoms. The summed E-state index contributed by atoms with van der Waals surface area (Å²) in [6.45, 7) is 5.07. The van der Waals surface area contributed by atoms with Crippen LogP contribution in [0, 0.1) is 0 Å². The van der Waals surface area contributed by atoms with Crippen molar-refractivity contribution in [2.75, 3.05) is 45.3 Å². The summed E-state index contributed by atoms with van der Waals surface area (Å²) < 4.78 is 16.7. The highest BCUT2D eigenvalue weighted by Gasteiger charge is 2.13. The summed E-state index contributed by atoms with van der Waals surface area (Å²) in [6, 6.07) is 23.2. The van der Waals surface area contributed by atoms with Gasteiger partial charge in [-0.3, -0.25) is 9.69 Å². The average molecular weight is 447 g/mol. The van der Waals surface area contributed by atoms with Crippen molar-refractivity contribution in [2.45, 2.75) is 13.0 Å². The molecule has 0 atom stereocenters. The van der Waals surface area contributed by atoms with E-state index < -0.39 is 0 Å². The van der Waals surface area contributed by atoms with Crippen LogP contribution in [0.25, 0.3) is 0 Å². The number of morpholine rings is 1. The van der Waals surface area contributed by atoms with Crippen LogP contribution >= 0.6 is 0 Å². The molecular formula is C27H30N2O4. The lowest BCUT2D eigenvalue weighted by Crippen LogP contribution is -2.37. The highest BCUT2D eigenvalue weighted by molar-refractivity contribution is 6.04. The van der Waals surface area contributed by atoms with Crippen LogP contribution in [0.1, 0.15) is 21.5 Å². The Balaban J connectivity index is 1.32. The topological polar surface area (TPSA) is 60.0 Å². The van der Waals surface area contributed by atoms with E-state index >= 15 is 0 Å². The predicted molar refractivity (Wildman–Crippen MR) is 129 cm³/mol. The number of amides is 1. The number of hydrogen-bond donors (Lipinski definition) is 1. The first kappa shape index (κ1) is 22.8. The smallest absolute Gasteiger partial charge is 0.255 e. The summed E-state index contributed by atoms with van der Waals surface area (Å²) in [6.07, 6.45) is 0.982. The van der Waals surface area contributed by atoms with E-state index in [0.717, 1.165) is 50.5 Å². The van der Waals surface area contributed by atoms with Crippen molar-refractivity contribution >= 4 is 11.6 Å². The second-order valence-corrected chi connectivity index (χ2v) is 7.99. The number of ether oxygens (including phenoxy) is 3. The third kappa shape index (κ3) is 6.57. The zero-order valence-corrected chi connectivity index (χ0v) is 19.0. The van der Waals surface area contributed by atoms with Crippen LogP contribution in [0.5, 0.6) is 11.5 Å². The number of hydrogen-bond acceptors (Lipinski definition) is 5.